The number of rotatable bonds is 2. The molecule has 2 rings (SSSR count). The minimum Gasteiger partial charge on any atom is -0.334 e. The van der Waals surface area contributed by atoms with Crippen LogP contribution in [0.5, 0.6) is 0 Å². The average molecular weight is 325 g/mol. The molecule has 1 saturated carbocycles. The molecule has 1 N–H and O–H groups in total. The highest BCUT2D eigenvalue weighted by Crippen LogP contribution is 2.28. The van der Waals surface area contributed by atoms with E-state index in [1.54, 1.807) is 0 Å². The first-order valence-electron chi connectivity index (χ1n) is 6.25. The zero-order valence-corrected chi connectivity index (χ0v) is 12.0. The van der Waals surface area contributed by atoms with Gasteiger partial charge in [0, 0.05) is 4.47 Å². The minimum absolute atomic E-state index is 0.0328. The summed E-state index contributed by atoms with van der Waals surface area (Å²) in [5.74, 6) is -1.10. The van der Waals surface area contributed by atoms with Crippen LogP contribution in [-0.4, -0.2) is 11.4 Å². The molecule has 0 heterocycles. The van der Waals surface area contributed by atoms with E-state index in [1.807, 2.05) is 0 Å². The van der Waals surface area contributed by atoms with Gasteiger partial charge in [-0.2, -0.15) is 5.26 Å². The van der Waals surface area contributed by atoms with Crippen molar-refractivity contribution in [2.45, 2.75) is 37.6 Å². The van der Waals surface area contributed by atoms with Gasteiger partial charge in [-0.05, 0) is 31.0 Å². The molecule has 1 fully saturated rings. The molecular weight excluding hydrogens is 311 g/mol. The third kappa shape index (κ3) is 3.13. The molecule has 19 heavy (non-hydrogen) atoms. The maximum atomic E-state index is 13.6. The van der Waals surface area contributed by atoms with Crippen molar-refractivity contribution >= 4 is 21.8 Å². The van der Waals surface area contributed by atoms with E-state index >= 15 is 0 Å². The number of benzene rings is 1. The second kappa shape index (κ2) is 5.70. The molecule has 0 radical (unpaired) electrons. The third-order valence-electron chi connectivity index (χ3n) is 3.45. The summed E-state index contributed by atoms with van der Waals surface area (Å²) in [6.07, 6.45) is 4.16. The fourth-order valence-electron chi connectivity index (χ4n) is 2.38. The molecule has 1 aromatic carbocycles. The number of carbonyl (C=O) groups is 1. The Hall–Kier alpha value is -1.41. The van der Waals surface area contributed by atoms with E-state index in [1.165, 1.54) is 18.2 Å². The third-order valence-corrected chi connectivity index (χ3v) is 3.94. The standard InChI is InChI=1S/C14H14BrFN2O/c15-10-4-5-12(16)11(8-10)13(19)18-14(9-17)6-2-1-3-7-14/h4-5,8H,1-3,6-7H2,(H,18,19). The van der Waals surface area contributed by atoms with E-state index in [4.69, 9.17) is 0 Å². The molecule has 0 aliphatic heterocycles. The van der Waals surface area contributed by atoms with E-state index in [9.17, 15) is 14.4 Å². The zero-order valence-electron chi connectivity index (χ0n) is 10.4. The summed E-state index contributed by atoms with van der Waals surface area (Å²) < 4.78 is 14.3. The smallest absolute Gasteiger partial charge is 0.255 e. The lowest BCUT2D eigenvalue weighted by atomic mass is 9.82. The molecule has 100 valence electrons. The Morgan fingerprint density at radius 1 is 1.37 bits per heavy atom. The number of nitriles is 1. The van der Waals surface area contributed by atoms with Gasteiger partial charge in [0.15, 0.2) is 0 Å². The Morgan fingerprint density at radius 3 is 2.68 bits per heavy atom. The van der Waals surface area contributed by atoms with Crippen LogP contribution in [-0.2, 0) is 0 Å². The van der Waals surface area contributed by atoms with E-state index in [0.717, 1.165) is 19.3 Å². The monoisotopic (exact) mass is 324 g/mol. The van der Waals surface area contributed by atoms with Crippen molar-refractivity contribution in [3.05, 3.63) is 34.1 Å². The van der Waals surface area contributed by atoms with Crippen molar-refractivity contribution in [1.82, 2.24) is 5.32 Å². The highest BCUT2D eigenvalue weighted by Gasteiger charge is 2.34. The second-order valence-electron chi connectivity index (χ2n) is 4.83. The maximum Gasteiger partial charge on any atom is 0.255 e. The van der Waals surface area contributed by atoms with Crippen molar-refractivity contribution in [3.63, 3.8) is 0 Å². The molecule has 1 aliphatic rings. The highest BCUT2D eigenvalue weighted by atomic mass is 79.9. The van der Waals surface area contributed by atoms with E-state index in [2.05, 4.69) is 27.3 Å². The van der Waals surface area contributed by atoms with Crippen LogP contribution < -0.4 is 5.32 Å². The van der Waals surface area contributed by atoms with Gasteiger partial charge in [-0.3, -0.25) is 4.79 Å². The predicted molar refractivity (Wildman–Crippen MR) is 73.0 cm³/mol. The van der Waals surface area contributed by atoms with Crippen molar-refractivity contribution in [3.8, 4) is 6.07 Å². The van der Waals surface area contributed by atoms with Gasteiger partial charge in [-0.25, -0.2) is 4.39 Å². The fraction of sp³-hybridized carbons (Fsp3) is 0.429. The van der Waals surface area contributed by atoms with Gasteiger partial charge in [0.05, 0.1) is 11.6 Å². The molecule has 0 atom stereocenters. The molecule has 0 aromatic heterocycles. The number of carbonyl (C=O) groups excluding carboxylic acids is 1. The molecule has 1 amide bonds. The van der Waals surface area contributed by atoms with Crippen molar-refractivity contribution in [2.75, 3.05) is 0 Å². The number of halogens is 2. The van der Waals surface area contributed by atoms with Gasteiger partial charge in [0.2, 0.25) is 0 Å². The summed E-state index contributed by atoms with van der Waals surface area (Å²) in [6, 6.07) is 6.38. The lowest BCUT2D eigenvalue weighted by Crippen LogP contribution is -2.48. The number of nitrogens with zero attached hydrogens (tertiary/aromatic N) is 1. The topological polar surface area (TPSA) is 52.9 Å². The van der Waals surface area contributed by atoms with Crippen LogP contribution in [0.25, 0.3) is 0 Å². The molecule has 1 aromatic rings. The Labute approximate surface area is 119 Å². The van der Waals surface area contributed by atoms with Gasteiger partial charge >= 0.3 is 0 Å². The molecule has 0 saturated heterocycles. The zero-order chi connectivity index (χ0) is 13.9. The summed E-state index contributed by atoms with van der Waals surface area (Å²) in [5, 5.41) is 12.0. The number of hydrogen-bond acceptors (Lipinski definition) is 2. The summed E-state index contributed by atoms with van der Waals surface area (Å²) in [7, 11) is 0. The van der Waals surface area contributed by atoms with Gasteiger partial charge in [-0.1, -0.05) is 35.2 Å². The molecule has 3 nitrogen and oxygen atoms in total. The van der Waals surface area contributed by atoms with Crippen molar-refractivity contribution in [2.24, 2.45) is 0 Å². The minimum atomic E-state index is -0.843. The lowest BCUT2D eigenvalue weighted by Gasteiger charge is -2.31. The van der Waals surface area contributed by atoms with Crippen LogP contribution >= 0.6 is 15.9 Å². The first kappa shape index (κ1) is 14.0. The summed E-state index contributed by atoms with van der Waals surface area (Å²) in [5.41, 5.74) is -0.876. The molecular formula is C14H14BrFN2O. The highest BCUT2D eigenvalue weighted by molar-refractivity contribution is 9.10. The number of nitrogens with one attached hydrogen (secondary N) is 1. The van der Waals surface area contributed by atoms with Crippen LogP contribution in [0.1, 0.15) is 42.5 Å². The van der Waals surface area contributed by atoms with Crippen LogP contribution in [0.2, 0.25) is 0 Å². The molecule has 5 heteroatoms. The summed E-state index contributed by atoms with van der Waals surface area (Å²) in [6.45, 7) is 0. The summed E-state index contributed by atoms with van der Waals surface area (Å²) >= 11 is 3.21. The van der Waals surface area contributed by atoms with Gasteiger partial charge < -0.3 is 5.32 Å². The van der Waals surface area contributed by atoms with Crippen molar-refractivity contribution in [1.29, 1.82) is 5.26 Å². The van der Waals surface area contributed by atoms with Crippen LogP contribution in [0, 0.1) is 17.1 Å². The van der Waals surface area contributed by atoms with Crippen LogP contribution in [0.4, 0.5) is 4.39 Å². The predicted octanol–water partition coefficient (Wildman–Crippen LogP) is 3.54. The number of hydrogen-bond donors (Lipinski definition) is 1. The maximum absolute atomic E-state index is 13.6. The van der Waals surface area contributed by atoms with Crippen LogP contribution in [0.15, 0.2) is 22.7 Å². The molecule has 0 unspecified atom stereocenters. The Kier molecular flexibility index (Phi) is 4.20. The first-order valence-corrected chi connectivity index (χ1v) is 7.04. The van der Waals surface area contributed by atoms with E-state index in [-0.39, 0.29) is 5.56 Å². The lowest BCUT2D eigenvalue weighted by molar-refractivity contribution is 0.0898. The first-order chi connectivity index (χ1) is 9.06. The van der Waals surface area contributed by atoms with E-state index in [0.29, 0.717) is 17.3 Å². The van der Waals surface area contributed by atoms with Gasteiger partial charge in [0.25, 0.3) is 5.91 Å². The fourth-order valence-corrected chi connectivity index (χ4v) is 2.74. The Bertz CT molecular complexity index is 533. The number of amides is 1. The average Bonchev–Trinajstić information content (AvgIpc) is 2.42. The van der Waals surface area contributed by atoms with Crippen LogP contribution in [0.3, 0.4) is 0 Å². The Balaban J connectivity index is 2.20. The Morgan fingerprint density at radius 2 is 2.05 bits per heavy atom. The largest absolute Gasteiger partial charge is 0.334 e. The van der Waals surface area contributed by atoms with Gasteiger partial charge in [-0.15, -0.1) is 0 Å². The SMILES string of the molecule is N#CC1(NC(=O)c2cc(Br)ccc2F)CCCCC1. The summed E-state index contributed by atoms with van der Waals surface area (Å²) in [4.78, 5) is 12.1. The normalized spacial score (nSPS) is 17.5. The second-order valence-corrected chi connectivity index (χ2v) is 5.75. The molecule has 0 spiro atoms. The van der Waals surface area contributed by atoms with Crippen molar-refractivity contribution < 1.29 is 9.18 Å². The molecule has 1 aliphatic carbocycles. The quantitative estimate of drug-likeness (QED) is 0.904. The van der Waals surface area contributed by atoms with E-state index < -0.39 is 17.3 Å². The van der Waals surface area contributed by atoms with Gasteiger partial charge in [0.1, 0.15) is 11.4 Å². The molecule has 0 bridgehead atoms.